The first kappa shape index (κ1) is 13.4. The van der Waals surface area contributed by atoms with Gasteiger partial charge in [-0.1, -0.05) is 6.07 Å². The second-order valence-corrected chi connectivity index (χ2v) is 4.92. The van der Waals surface area contributed by atoms with Crippen LogP contribution in [0.3, 0.4) is 0 Å². The summed E-state index contributed by atoms with van der Waals surface area (Å²) in [5, 5.41) is 3.37. The van der Waals surface area contributed by atoms with Gasteiger partial charge in [-0.3, -0.25) is 4.98 Å². The van der Waals surface area contributed by atoms with Crippen molar-refractivity contribution in [3.63, 3.8) is 0 Å². The Labute approximate surface area is 114 Å². The number of rotatable bonds is 5. The molecule has 0 aliphatic rings. The van der Waals surface area contributed by atoms with Gasteiger partial charge in [0, 0.05) is 24.6 Å². The van der Waals surface area contributed by atoms with Crippen LogP contribution < -0.4 is 10.1 Å². The van der Waals surface area contributed by atoms with Gasteiger partial charge in [0.2, 0.25) is 0 Å². The molecule has 0 aliphatic carbocycles. The second kappa shape index (κ2) is 6.23. The highest BCUT2D eigenvalue weighted by atomic mass is 16.5. The molecule has 100 valence electrons. The highest BCUT2D eigenvalue weighted by Gasteiger charge is 1.98. The Balaban J connectivity index is 1.93. The number of hydrogen-bond acceptors (Lipinski definition) is 3. The van der Waals surface area contributed by atoms with Crippen molar-refractivity contribution < 1.29 is 4.74 Å². The van der Waals surface area contributed by atoms with E-state index in [1.165, 1.54) is 11.1 Å². The molecule has 0 radical (unpaired) electrons. The normalized spacial score (nSPS) is 10.5. The molecular weight excluding hydrogens is 236 g/mol. The number of pyridine rings is 1. The molecule has 0 saturated heterocycles. The largest absolute Gasteiger partial charge is 0.491 e. The lowest BCUT2D eigenvalue weighted by molar-refractivity contribution is 0.242. The van der Waals surface area contributed by atoms with E-state index >= 15 is 0 Å². The van der Waals surface area contributed by atoms with Gasteiger partial charge in [-0.15, -0.1) is 0 Å². The molecule has 0 unspecified atom stereocenters. The molecule has 1 heterocycles. The van der Waals surface area contributed by atoms with E-state index in [-0.39, 0.29) is 6.10 Å². The smallest absolute Gasteiger partial charge is 0.119 e. The van der Waals surface area contributed by atoms with E-state index in [0.717, 1.165) is 18.0 Å². The van der Waals surface area contributed by atoms with E-state index < -0.39 is 0 Å². The molecule has 0 amide bonds. The summed E-state index contributed by atoms with van der Waals surface area (Å²) in [5.41, 5.74) is 3.44. The molecule has 1 aromatic carbocycles. The fourth-order valence-electron chi connectivity index (χ4n) is 1.84. The Morgan fingerprint density at radius 1 is 1.16 bits per heavy atom. The van der Waals surface area contributed by atoms with Crippen LogP contribution in [0.2, 0.25) is 0 Å². The highest BCUT2D eigenvalue weighted by molar-refractivity contribution is 5.46. The number of anilines is 1. The maximum Gasteiger partial charge on any atom is 0.119 e. The van der Waals surface area contributed by atoms with Gasteiger partial charge in [0.1, 0.15) is 5.75 Å². The molecule has 0 aliphatic heterocycles. The quantitative estimate of drug-likeness (QED) is 0.883. The number of aromatic nitrogens is 1. The average Bonchev–Trinajstić information content (AvgIpc) is 2.37. The number of hydrogen-bond donors (Lipinski definition) is 1. The van der Waals surface area contributed by atoms with E-state index in [4.69, 9.17) is 4.74 Å². The zero-order valence-corrected chi connectivity index (χ0v) is 11.7. The zero-order valence-electron chi connectivity index (χ0n) is 11.7. The van der Waals surface area contributed by atoms with E-state index in [1.807, 2.05) is 50.5 Å². The van der Waals surface area contributed by atoms with Crippen molar-refractivity contribution in [2.24, 2.45) is 0 Å². The second-order valence-electron chi connectivity index (χ2n) is 4.92. The van der Waals surface area contributed by atoms with Crippen LogP contribution in [0.25, 0.3) is 0 Å². The Kier molecular flexibility index (Phi) is 4.39. The summed E-state index contributed by atoms with van der Waals surface area (Å²) < 4.78 is 5.61. The predicted octanol–water partition coefficient (Wildman–Crippen LogP) is 3.79. The third kappa shape index (κ3) is 4.28. The monoisotopic (exact) mass is 256 g/mol. The summed E-state index contributed by atoms with van der Waals surface area (Å²) in [6, 6.07) is 10.2. The highest BCUT2D eigenvalue weighted by Crippen LogP contribution is 2.17. The van der Waals surface area contributed by atoms with Crippen molar-refractivity contribution in [3.8, 4) is 5.75 Å². The number of ether oxygens (including phenoxy) is 1. The van der Waals surface area contributed by atoms with Crippen LogP contribution >= 0.6 is 0 Å². The van der Waals surface area contributed by atoms with Crippen molar-refractivity contribution in [2.75, 3.05) is 5.32 Å². The minimum Gasteiger partial charge on any atom is -0.491 e. The molecule has 0 spiro atoms. The van der Waals surface area contributed by atoms with Gasteiger partial charge >= 0.3 is 0 Å². The summed E-state index contributed by atoms with van der Waals surface area (Å²) in [6.45, 7) is 6.88. The van der Waals surface area contributed by atoms with Crippen LogP contribution in [0.5, 0.6) is 5.75 Å². The number of nitrogens with zero attached hydrogens (tertiary/aromatic N) is 1. The van der Waals surface area contributed by atoms with Crippen LogP contribution in [-0.2, 0) is 6.54 Å². The van der Waals surface area contributed by atoms with E-state index in [2.05, 4.69) is 23.3 Å². The lowest BCUT2D eigenvalue weighted by Gasteiger charge is -2.11. The van der Waals surface area contributed by atoms with Crippen molar-refractivity contribution in [1.82, 2.24) is 4.98 Å². The number of benzene rings is 1. The van der Waals surface area contributed by atoms with E-state index in [1.54, 1.807) is 0 Å². The summed E-state index contributed by atoms with van der Waals surface area (Å²) >= 11 is 0. The fraction of sp³-hybridized carbons (Fsp3) is 0.312. The van der Waals surface area contributed by atoms with Gasteiger partial charge in [-0.05, 0) is 56.2 Å². The first-order valence-corrected chi connectivity index (χ1v) is 6.54. The molecule has 0 saturated carbocycles. The summed E-state index contributed by atoms with van der Waals surface area (Å²) in [4.78, 5) is 4.18. The molecule has 0 atom stereocenters. The van der Waals surface area contributed by atoms with Crippen molar-refractivity contribution in [3.05, 3.63) is 53.9 Å². The average molecular weight is 256 g/mol. The third-order valence-electron chi connectivity index (χ3n) is 2.65. The van der Waals surface area contributed by atoms with Crippen LogP contribution in [-0.4, -0.2) is 11.1 Å². The first-order valence-electron chi connectivity index (χ1n) is 6.54. The number of nitrogens with one attached hydrogen (secondary N) is 1. The summed E-state index contributed by atoms with van der Waals surface area (Å²) in [6.07, 6.45) is 3.95. The standard InChI is InChI=1S/C16H20N2O/c1-12(2)19-16-6-4-15(5-7-16)18-11-14-8-13(3)9-17-10-14/h4-10,12,18H,11H2,1-3H3. The molecule has 3 heteroatoms. The third-order valence-corrected chi connectivity index (χ3v) is 2.65. The van der Waals surface area contributed by atoms with Crippen LogP contribution in [0.15, 0.2) is 42.7 Å². The lowest BCUT2D eigenvalue weighted by atomic mass is 10.2. The predicted molar refractivity (Wildman–Crippen MR) is 78.5 cm³/mol. The molecule has 0 bridgehead atoms. The summed E-state index contributed by atoms with van der Waals surface area (Å²) in [7, 11) is 0. The van der Waals surface area contributed by atoms with Crippen molar-refractivity contribution in [2.45, 2.75) is 33.4 Å². The maximum atomic E-state index is 5.61. The maximum absolute atomic E-state index is 5.61. The molecule has 1 N–H and O–H groups in total. The van der Waals surface area contributed by atoms with Gasteiger partial charge in [-0.2, -0.15) is 0 Å². The molecule has 19 heavy (non-hydrogen) atoms. The van der Waals surface area contributed by atoms with Crippen LogP contribution in [0.4, 0.5) is 5.69 Å². The van der Waals surface area contributed by atoms with Gasteiger partial charge in [-0.25, -0.2) is 0 Å². The Morgan fingerprint density at radius 2 is 1.89 bits per heavy atom. The molecule has 0 fully saturated rings. The Morgan fingerprint density at radius 3 is 2.53 bits per heavy atom. The lowest BCUT2D eigenvalue weighted by Crippen LogP contribution is -2.05. The van der Waals surface area contributed by atoms with Gasteiger partial charge in [0.05, 0.1) is 6.10 Å². The van der Waals surface area contributed by atoms with Gasteiger partial charge in [0.15, 0.2) is 0 Å². The van der Waals surface area contributed by atoms with E-state index in [9.17, 15) is 0 Å². The Hall–Kier alpha value is -2.03. The molecule has 1 aromatic heterocycles. The molecule has 2 rings (SSSR count). The van der Waals surface area contributed by atoms with Crippen LogP contribution in [0, 0.1) is 6.92 Å². The van der Waals surface area contributed by atoms with Crippen molar-refractivity contribution in [1.29, 1.82) is 0 Å². The number of aryl methyl sites for hydroxylation is 1. The molecule has 3 nitrogen and oxygen atoms in total. The summed E-state index contributed by atoms with van der Waals surface area (Å²) in [5.74, 6) is 0.901. The van der Waals surface area contributed by atoms with Gasteiger partial charge < -0.3 is 10.1 Å². The topological polar surface area (TPSA) is 34.2 Å². The van der Waals surface area contributed by atoms with E-state index in [0.29, 0.717) is 0 Å². The Bertz CT molecular complexity index is 521. The zero-order chi connectivity index (χ0) is 13.7. The molecule has 2 aromatic rings. The van der Waals surface area contributed by atoms with Crippen molar-refractivity contribution >= 4 is 5.69 Å². The fourth-order valence-corrected chi connectivity index (χ4v) is 1.84. The minimum atomic E-state index is 0.206. The van der Waals surface area contributed by atoms with Crippen LogP contribution in [0.1, 0.15) is 25.0 Å². The van der Waals surface area contributed by atoms with Gasteiger partial charge in [0.25, 0.3) is 0 Å². The SMILES string of the molecule is Cc1cncc(CNc2ccc(OC(C)C)cc2)c1. The first-order chi connectivity index (χ1) is 9.13. The minimum absolute atomic E-state index is 0.206. The molecular formula is C16H20N2O.